The van der Waals surface area contributed by atoms with E-state index >= 15 is 0 Å². The molecule has 94 valence electrons. The molecular weight excluding hydrogens is 278 g/mol. The van der Waals surface area contributed by atoms with E-state index in [0.717, 1.165) is 29.0 Å². The highest BCUT2D eigenvalue weighted by atomic mass is 79.9. The Hall–Kier alpha value is -0.540. The third-order valence-electron chi connectivity index (χ3n) is 3.58. The van der Waals surface area contributed by atoms with Crippen molar-refractivity contribution in [3.8, 4) is 0 Å². The molecule has 2 nitrogen and oxygen atoms in total. The van der Waals surface area contributed by atoms with Crippen LogP contribution >= 0.6 is 15.9 Å². The smallest absolute Gasteiger partial charge is 0.0762 e. The normalized spacial score (nSPS) is 19.4. The van der Waals surface area contributed by atoms with Crippen molar-refractivity contribution in [2.24, 2.45) is 5.92 Å². The maximum atomic E-state index is 9.55. The Bertz CT molecular complexity index is 384. The molecule has 1 N–H and O–H groups in total. The molecule has 1 aromatic rings. The number of rotatable bonds is 2. The predicted molar refractivity (Wildman–Crippen MR) is 75.4 cm³/mol. The van der Waals surface area contributed by atoms with Crippen molar-refractivity contribution in [1.29, 1.82) is 0 Å². The number of hydrogen-bond donors (Lipinski definition) is 1. The molecule has 0 spiro atoms. The lowest BCUT2D eigenvalue weighted by Crippen LogP contribution is -2.32. The van der Waals surface area contributed by atoms with E-state index in [-0.39, 0.29) is 0 Å². The number of piperidine rings is 1. The van der Waals surface area contributed by atoms with E-state index in [9.17, 15) is 5.11 Å². The molecule has 1 aliphatic rings. The minimum Gasteiger partial charge on any atom is -0.389 e. The second-order valence-electron chi connectivity index (χ2n) is 5.06. The Morgan fingerprint density at radius 3 is 2.53 bits per heavy atom. The van der Waals surface area contributed by atoms with Gasteiger partial charge in [0.15, 0.2) is 0 Å². The van der Waals surface area contributed by atoms with E-state index in [2.05, 4.69) is 33.8 Å². The minimum atomic E-state index is -0.401. The van der Waals surface area contributed by atoms with Crippen molar-refractivity contribution in [3.63, 3.8) is 0 Å². The fourth-order valence-electron chi connectivity index (χ4n) is 2.29. The quantitative estimate of drug-likeness (QED) is 0.899. The molecule has 1 aromatic carbocycles. The Balaban J connectivity index is 2.16. The Morgan fingerprint density at radius 2 is 2.00 bits per heavy atom. The first-order chi connectivity index (χ1) is 8.08. The van der Waals surface area contributed by atoms with Crippen LogP contribution in [0, 0.1) is 5.92 Å². The van der Waals surface area contributed by atoms with E-state index in [1.54, 1.807) is 6.92 Å². The van der Waals surface area contributed by atoms with Crippen LogP contribution in [0.3, 0.4) is 0 Å². The molecule has 1 saturated heterocycles. The summed E-state index contributed by atoms with van der Waals surface area (Å²) in [4.78, 5) is 2.43. The largest absolute Gasteiger partial charge is 0.389 e. The standard InChI is InChI=1S/C14H20BrNO/c1-10-5-7-16(8-6-10)14-4-3-12(11(2)17)9-13(14)15/h3-4,9-11,17H,5-8H2,1-2H3. The van der Waals surface area contributed by atoms with Gasteiger partial charge in [0.05, 0.1) is 11.8 Å². The summed E-state index contributed by atoms with van der Waals surface area (Å²) in [5, 5.41) is 9.55. The molecule has 1 aliphatic heterocycles. The van der Waals surface area contributed by atoms with E-state index in [4.69, 9.17) is 0 Å². The number of hydrogen-bond acceptors (Lipinski definition) is 2. The van der Waals surface area contributed by atoms with Gasteiger partial charge >= 0.3 is 0 Å². The second kappa shape index (κ2) is 5.40. The van der Waals surface area contributed by atoms with E-state index in [1.807, 2.05) is 12.1 Å². The third kappa shape index (κ3) is 3.02. The summed E-state index contributed by atoms with van der Waals surface area (Å²) in [6, 6.07) is 6.16. The Morgan fingerprint density at radius 1 is 1.35 bits per heavy atom. The molecule has 0 amide bonds. The molecule has 1 heterocycles. The van der Waals surface area contributed by atoms with Gasteiger partial charge in [-0.15, -0.1) is 0 Å². The van der Waals surface area contributed by atoms with Crippen molar-refractivity contribution in [1.82, 2.24) is 0 Å². The molecule has 3 heteroatoms. The summed E-state index contributed by atoms with van der Waals surface area (Å²) in [5.74, 6) is 0.849. The van der Waals surface area contributed by atoms with Crippen LogP contribution in [0.2, 0.25) is 0 Å². The van der Waals surface area contributed by atoms with Gasteiger partial charge in [-0.3, -0.25) is 0 Å². The Labute approximate surface area is 112 Å². The van der Waals surface area contributed by atoms with Gasteiger partial charge in [0.25, 0.3) is 0 Å². The van der Waals surface area contributed by atoms with Gasteiger partial charge in [-0.25, -0.2) is 0 Å². The van der Waals surface area contributed by atoms with Crippen LogP contribution in [0.1, 0.15) is 38.4 Å². The molecule has 0 radical (unpaired) electrons. The van der Waals surface area contributed by atoms with Crippen molar-refractivity contribution in [3.05, 3.63) is 28.2 Å². The number of halogens is 1. The lowest BCUT2D eigenvalue weighted by molar-refractivity contribution is 0.199. The van der Waals surface area contributed by atoms with Crippen LogP contribution in [-0.2, 0) is 0 Å². The summed E-state index contributed by atoms with van der Waals surface area (Å²) < 4.78 is 1.09. The summed E-state index contributed by atoms with van der Waals surface area (Å²) in [6.07, 6.45) is 2.14. The summed E-state index contributed by atoms with van der Waals surface area (Å²) in [6.45, 7) is 6.38. The van der Waals surface area contributed by atoms with Gasteiger partial charge < -0.3 is 10.0 Å². The van der Waals surface area contributed by atoms with Crippen molar-refractivity contribution in [2.75, 3.05) is 18.0 Å². The molecule has 2 rings (SSSR count). The topological polar surface area (TPSA) is 23.5 Å². The average molecular weight is 298 g/mol. The molecule has 1 fully saturated rings. The maximum absolute atomic E-state index is 9.55. The first-order valence-corrected chi connectivity index (χ1v) is 7.09. The molecule has 0 bridgehead atoms. The van der Waals surface area contributed by atoms with E-state index in [0.29, 0.717) is 0 Å². The third-order valence-corrected chi connectivity index (χ3v) is 4.21. The highest BCUT2D eigenvalue weighted by Crippen LogP contribution is 2.32. The van der Waals surface area contributed by atoms with Gasteiger partial charge in [0, 0.05) is 17.6 Å². The molecule has 1 unspecified atom stereocenters. The van der Waals surface area contributed by atoms with Gasteiger partial charge in [-0.2, -0.15) is 0 Å². The molecule has 0 aliphatic carbocycles. The van der Waals surface area contributed by atoms with Crippen molar-refractivity contribution >= 4 is 21.6 Å². The zero-order valence-corrected chi connectivity index (χ0v) is 12.1. The number of aliphatic hydroxyl groups excluding tert-OH is 1. The molecule has 0 aromatic heterocycles. The van der Waals surface area contributed by atoms with Gasteiger partial charge in [0.2, 0.25) is 0 Å². The predicted octanol–water partition coefficient (Wildman–Crippen LogP) is 3.74. The van der Waals surface area contributed by atoms with Gasteiger partial charge in [-0.1, -0.05) is 13.0 Å². The Kier molecular flexibility index (Phi) is 4.10. The van der Waals surface area contributed by atoms with Crippen LogP contribution in [-0.4, -0.2) is 18.2 Å². The van der Waals surface area contributed by atoms with Crippen molar-refractivity contribution < 1.29 is 5.11 Å². The van der Waals surface area contributed by atoms with Crippen LogP contribution in [0.4, 0.5) is 5.69 Å². The lowest BCUT2D eigenvalue weighted by atomic mass is 9.98. The maximum Gasteiger partial charge on any atom is 0.0762 e. The van der Waals surface area contributed by atoms with Crippen molar-refractivity contribution in [2.45, 2.75) is 32.8 Å². The zero-order chi connectivity index (χ0) is 12.4. The van der Waals surface area contributed by atoms with Crippen LogP contribution in [0.25, 0.3) is 0 Å². The van der Waals surface area contributed by atoms with Crippen LogP contribution < -0.4 is 4.90 Å². The molecule has 1 atom stereocenters. The fraction of sp³-hybridized carbons (Fsp3) is 0.571. The minimum absolute atomic E-state index is 0.401. The average Bonchev–Trinajstić information content (AvgIpc) is 2.30. The monoisotopic (exact) mass is 297 g/mol. The summed E-state index contributed by atoms with van der Waals surface area (Å²) >= 11 is 3.61. The highest BCUT2D eigenvalue weighted by molar-refractivity contribution is 9.10. The fourth-order valence-corrected chi connectivity index (χ4v) is 2.94. The molecule has 0 saturated carbocycles. The zero-order valence-electron chi connectivity index (χ0n) is 10.5. The number of benzene rings is 1. The molecular formula is C14H20BrNO. The van der Waals surface area contributed by atoms with Gasteiger partial charge in [0.1, 0.15) is 0 Å². The van der Waals surface area contributed by atoms with Crippen LogP contribution in [0.5, 0.6) is 0 Å². The summed E-state index contributed by atoms with van der Waals surface area (Å²) in [5.41, 5.74) is 2.22. The number of aliphatic hydroxyl groups is 1. The van der Waals surface area contributed by atoms with Crippen LogP contribution in [0.15, 0.2) is 22.7 Å². The summed E-state index contributed by atoms with van der Waals surface area (Å²) in [7, 11) is 0. The lowest BCUT2D eigenvalue weighted by Gasteiger charge is -2.33. The van der Waals surface area contributed by atoms with Gasteiger partial charge in [-0.05, 0) is 59.3 Å². The van der Waals surface area contributed by atoms with E-state index < -0.39 is 6.10 Å². The number of nitrogens with zero attached hydrogens (tertiary/aromatic N) is 1. The second-order valence-corrected chi connectivity index (χ2v) is 5.91. The molecule has 17 heavy (non-hydrogen) atoms. The van der Waals surface area contributed by atoms with E-state index in [1.165, 1.54) is 18.5 Å². The first kappa shape index (κ1) is 12.9. The first-order valence-electron chi connectivity index (χ1n) is 6.30. The SMILES string of the molecule is CC1CCN(c2ccc(C(C)O)cc2Br)CC1. The number of anilines is 1. The highest BCUT2D eigenvalue weighted by Gasteiger charge is 2.18.